The molecule has 1 aliphatic heterocycles. The molecule has 0 atom stereocenters. The number of fused-ring (bicyclic) bond motifs is 1. The minimum absolute atomic E-state index is 0. The smallest absolute Gasteiger partial charge is 0.0889 e. The van der Waals surface area contributed by atoms with Gasteiger partial charge in [-0.15, -0.1) is 12.4 Å². The Morgan fingerprint density at radius 1 is 1.44 bits per heavy atom. The third-order valence-electron chi connectivity index (χ3n) is 2.79. The fourth-order valence-electron chi connectivity index (χ4n) is 1.96. The van der Waals surface area contributed by atoms with Crippen molar-refractivity contribution in [3.8, 4) is 0 Å². The molecule has 1 aromatic carbocycles. The number of para-hydroxylation sites is 1. The molecule has 1 aliphatic rings. The number of hydrogen-bond acceptors (Lipinski definition) is 2. The van der Waals surface area contributed by atoms with Gasteiger partial charge in [-0.3, -0.25) is 0 Å². The van der Waals surface area contributed by atoms with Gasteiger partial charge in [-0.1, -0.05) is 18.2 Å². The van der Waals surface area contributed by atoms with Crippen LogP contribution in [-0.2, 0) is 6.42 Å². The van der Waals surface area contributed by atoms with Crippen molar-refractivity contribution in [1.29, 1.82) is 0 Å². The van der Waals surface area contributed by atoms with Crippen LogP contribution in [0.4, 0.5) is 10.1 Å². The standard InChI is InChI=1S/C12H15FN2.ClH/c13-7-10(8-14)9-15-6-5-11-3-1-2-4-12(11)15;/h1-4,7H,5-6,8-9,14H2;1H/b10-7+;. The average Bonchev–Trinajstić information content (AvgIpc) is 2.69. The molecule has 1 heterocycles. The molecule has 2 rings (SSSR count). The molecule has 0 aliphatic carbocycles. The average molecular weight is 243 g/mol. The van der Waals surface area contributed by atoms with E-state index in [4.69, 9.17) is 5.73 Å². The first-order valence-corrected chi connectivity index (χ1v) is 5.16. The lowest BCUT2D eigenvalue weighted by Crippen LogP contribution is -2.25. The molecule has 0 spiro atoms. The van der Waals surface area contributed by atoms with Gasteiger partial charge in [0, 0.05) is 25.3 Å². The molecule has 88 valence electrons. The first-order valence-electron chi connectivity index (χ1n) is 5.16. The largest absolute Gasteiger partial charge is 0.367 e. The summed E-state index contributed by atoms with van der Waals surface area (Å²) in [6.45, 7) is 1.84. The molecule has 0 aromatic heterocycles. The first kappa shape index (κ1) is 13.0. The maximum atomic E-state index is 12.4. The molecule has 0 radical (unpaired) electrons. The summed E-state index contributed by atoms with van der Waals surface area (Å²) in [5.41, 5.74) is 8.65. The molecule has 0 saturated carbocycles. The summed E-state index contributed by atoms with van der Waals surface area (Å²) in [5.74, 6) is 0. The fourth-order valence-corrected chi connectivity index (χ4v) is 1.96. The number of anilines is 1. The van der Waals surface area contributed by atoms with E-state index in [0.717, 1.165) is 13.0 Å². The van der Waals surface area contributed by atoms with Gasteiger partial charge in [0.05, 0.1) is 6.33 Å². The third kappa shape index (κ3) is 2.54. The molecule has 0 bridgehead atoms. The van der Waals surface area contributed by atoms with Crippen molar-refractivity contribution in [2.75, 3.05) is 24.5 Å². The third-order valence-corrected chi connectivity index (χ3v) is 2.79. The molecule has 2 nitrogen and oxygen atoms in total. The predicted molar refractivity (Wildman–Crippen MR) is 67.9 cm³/mol. The molecule has 1 aromatic rings. The number of rotatable bonds is 3. The molecule has 0 saturated heterocycles. The topological polar surface area (TPSA) is 29.3 Å². The van der Waals surface area contributed by atoms with E-state index in [0.29, 0.717) is 18.4 Å². The lowest BCUT2D eigenvalue weighted by molar-refractivity contribution is 0.695. The van der Waals surface area contributed by atoms with Crippen molar-refractivity contribution in [2.45, 2.75) is 6.42 Å². The highest BCUT2D eigenvalue weighted by molar-refractivity contribution is 5.85. The van der Waals surface area contributed by atoms with Crippen molar-refractivity contribution >= 4 is 18.1 Å². The van der Waals surface area contributed by atoms with E-state index in [9.17, 15) is 4.39 Å². The van der Waals surface area contributed by atoms with Crippen LogP contribution in [0.15, 0.2) is 36.2 Å². The van der Waals surface area contributed by atoms with Gasteiger partial charge in [-0.25, -0.2) is 4.39 Å². The van der Waals surface area contributed by atoms with Crippen LogP contribution in [0, 0.1) is 0 Å². The zero-order valence-corrected chi connectivity index (χ0v) is 9.84. The van der Waals surface area contributed by atoms with Crippen LogP contribution in [-0.4, -0.2) is 19.6 Å². The normalized spacial score (nSPS) is 14.6. The molecule has 4 heteroatoms. The number of hydrogen-bond donors (Lipinski definition) is 1. The van der Waals surface area contributed by atoms with E-state index >= 15 is 0 Å². The summed E-state index contributed by atoms with van der Waals surface area (Å²) in [7, 11) is 0. The maximum absolute atomic E-state index is 12.4. The molecular formula is C12H16ClFN2. The monoisotopic (exact) mass is 242 g/mol. The Balaban J connectivity index is 0.00000128. The zero-order valence-electron chi connectivity index (χ0n) is 9.03. The minimum Gasteiger partial charge on any atom is -0.367 e. The summed E-state index contributed by atoms with van der Waals surface area (Å²) < 4.78 is 12.4. The Kier molecular flexibility index (Phi) is 4.77. The van der Waals surface area contributed by atoms with Gasteiger partial charge in [0.1, 0.15) is 0 Å². The molecule has 16 heavy (non-hydrogen) atoms. The van der Waals surface area contributed by atoms with Crippen LogP contribution in [0.25, 0.3) is 0 Å². The summed E-state index contributed by atoms with van der Waals surface area (Å²) in [6, 6.07) is 8.25. The Labute approximate surface area is 101 Å². The number of nitrogens with zero attached hydrogens (tertiary/aromatic N) is 1. The lowest BCUT2D eigenvalue weighted by atomic mass is 10.2. The van der Waals surface area contributed by atoms with E-state index in [-0.39, 0.29) is 19.0 Å². The van der Waals surface area contributed by atoms with Crippen LogP contribution in [0.2, 0.25) is 0 Å². The highest BCUT2D eigenvalue weighted by Crippen LogP contribution is 2.27. The number of nitrogens with two attached hydrogens (primary N) is 1. The van der Waals surface area contributed by atoms with E-state index in [1.165, 1.54) is 11.3 Å². The Morgan fingerprint density at radius 2 is 2.19 bits per heavy atom. The highest BCUT2D eigenvalue weighted by atomic mass is 35.5. The van der Waals surface area contributed by atoms with Gasteiger partial charge in [0.15, 0.2) is 0 Å². The zero-order chi connectivity index (χ0) is 10.7. The second-order valence-electron chi connectivity index (χ2n) is 3.77. The summed E-state index contributed by atoms with van der Waals surface area (Å²) in [5, 5.41) is 0. The Hall–Kier alpha value is -1.06. The van der Waals surface area contributed by atoms with Crippen LogP contribution >= 0.6 is 12.4 Å². The Bertz CT molecular complexity index is 379. The van der Waals surface area contributed by atoms with Crippen LogP contribution in [0.3, 0.4) is 0 Å². The van der Waals surface area contributed by atoms with Crippen molar-refractivity contribution in [3.63, 3.8) is 0 Å². The van der Waals surface area contributed by atoms with E-state index in [2.05, 4.69) is 17.0 Å². The molecule has 0 amide bonds. The van der Waals surface area contributed by atoms with Gasteiger partial charge in [0.25, 0.3) is 0 Å². The van der Waals surface area contributed by atoms with Crippen molar-refractivity contribution in [2.24, 2.45) is 5.73 Å². The van der Waals surface area contributed by atoms with Gasteiger partial charge in [-0.2, -0.15) is 0 Å². The maximum Gasteiger partial charge on any atom is 0.0889 e. The van der Waals surface area contributed by atoms with Crippen molar-refractivity contribution < 1.29 is 4.39 Å². The second kappa shape index (κ2) is 5.87. The van der Waals surface area contributed by atoms with Crippen molar-refractivity contribution in [3.05, 3.63) is 41.7 Å². The van der Waals surface area contributed by atoms with E-state index in [1.807, 2.05) is 12.1 Å². The van der Waals surface area contributed by atoms with Gasteiger partial charge >= 0.3 is 0 Å². The SMILES string of the molecule is Cl.NC/C(=C\F)CN1CCc2ccccc21. The quantitative estimate of drug-likeness (QED) is 0.881. The van der Waals surface area contributed by atoms with Crippen LogP contribution in [0.5, 0.6) is 0 Å². The second-order valence-corrected chi connectivity index (χ2v) is 3.77. The van der Waals surface area contributed by atoms with E-state index in [1.54, 1.807) is 0 Å². The summed E-state index contributed by atoms with van der Waals surface area (Å²) in [4.78, 5) is 2.17. The minimum atomic E-state index is 0. The lowest BCUT2D eigenvalue weighted by Gasteiger charge is -2.19. The first-order chi connectivity index (χ1) is 7.35. The highest BCUT2D eigenvalue weighted by Gasteiger charge is 2.18. The van der Waals surface area contributed by atoms with Crippen molar-refractivity contribution in [1.82, 2.24) is 0 Å². The molecule has 2 N–H and O–H groups in total. The van der Waals surface area contributed by atoms with Crippen LogP contribution < -0.4 is 10.6 Å². The fraction of sp³-hybridized carbons (Fsp3) is 0.333. The van der Waals surface area contributed by atoms with E-state index < -0.39 is 0 Å². The molecule has 0 unspecified atom stereocenters. The molecule has 0 fully saturated rings. The van der Waals surface area contributed by atoms with Gasteiger partial charge in [-0.05, 0) is 23.6 Å². The summed E-state index contributed by atoms with van der Waals surface area (Å²) >= 11 is 0. The summed E-state index contributed by atoms with van der Waals surface area (Å²) in [6.07, 6.45) is 1.67. The molecular weight excluding hydrogens is 227 g/mol. The van der Waals surface area contributed by atoms with Gasteiger partial charge < -0.3 is 10.6 Å². The predicted octanol–water partition coefficient (Wildman–Crippen LogP) is 2.28. The number of halogens is 2. The van der Waals surface area contributed by atoms with Gasteiger partial charge in [0.2, 0.25) is 0 Å². The Morgan fingerprint density at radius 3 is 2.88 bits per heavy atom. The number of benzene rings is 1. The van der Waals surface area contributed by atoms with Crippen LogP contribution in [0.1, 0.15) is 5.56 Å².